The van der Waals surface area contributed by atoms with Crippen molar-refractivity contribution in [2.75, 3.05) is 13.3 Å². The Balaban J connectivity index is 1.57. The molecule has 5 nitrogen and oxygen atoms in total. The molecule has 0 radical (unpaired) electrons. The molecule has 2 aliphatic heterocycles. The van der Waals surface area contributed by atoms with Crippen LogP contribution >= 0.6 is 0 Å². The normalized spacial score (nSPS) is 34.6. The van der Waals surface area contributed by atoms with Crippen LogP contribution in [0.5, 0.6) is 0 Å². The fraction of sp³-hybridized carbons (Fsp3) is 0.562. The molecule has 3 aliphatic rings. The maximum absolute atomic E-state index is 13.5. The first-order valence-corrected chi connectivity index (χ1v) is 7.89. The fourth-order valence-electron chi connectivity index (χ4n) is 4.00. The highest BCUT2D eigenvalue weighted by atomic mass is 19.1. The second-order valence-corrected chi connectivity index (χ2v) is 6.32. The van der Waals surface area contributed by atoms with E-state index >= 15 is 0 Å². The van der Waals surface area contributed by atoms with Crippen molar-refractivity contribution >= 4 is 6.09 Å². The van der Waals surface area contributed by atoms with Crippen molar-refractivity contribution < 1.29 is 13.9 Å². The summed E-state index contributed by atoms with van der Waals surface area (Å²) in [6.45, 7) is 1.14. The molecular formula is C16H20FN3O2. The highest BCUT2D eigenvalue weighted by molar-refractivity contribution is 5.71. The number of cyclic esters (lactones) is 1. The van der Waals surface area contributed by atoms with Crippen LogP contribution in [0.15, 0.2) is 24.3 Å². The number of fused-ring (bicyclic) bond motifs is 1. The highest BCUT2D eigenvalue weighted by Gasteiger charge is 2.43. The van der Waals surface area contributed by atoms with Gasteiger partial charge in [0.2, 0.25) is 0 Å². The molecule has 1 aromatic rings. The van der Waals surface area contributed by atoms with Crippen molar-refractivity contribution in [3.05, 3.63) is 35.6 Å². The summed E-state index contributed by atoms with van der Waals surface area (Å²) in [6.07, 6.45) is 2.64. The van der Waals surface area contributed by atoms with Gasteiger partial charge in [-0.2, -0.15) is 0 Å². The van der Waals surface area contributed by atoms with Crippen molar-refractivity contribution in [1.29, 1.82) is 0 Å². The van der Waals surface area contributed by atoms with E-state index < -0.39 is 0 Å². The third-order valence-electron chi connectivity index (χ3n) is 5.09. The first kappa shape index (κ1) is 14.0. The van der Waals surface area contributed by atoms with Gasteiger partial charge in [-0.25, -0.2) is 9.18 Å². The standard InChI is InChI=1S/C16H20FN3O2/c17-11-3-1-2-10(6-11)15-8-22-16(21)20(15)12-4-5-13-14(7-12)19-9-18-13/h1-3,6,12-15,18-19H,4-5,7-9H2/t12?,13?,14?,15-/m1/s1. The Hall–Kier alpha value is -1.66. The van der Waals surface area contributed by atoms with Crippen molar-refractivity contribution in [1.82, 2.24) is 15.5 Å². The van der Waals surface area contributed by atoms with Crippen LogP contribution < -0.4 is 10.6 Å². The van der Waals surface area contributed by atoms with Gasteiger partial charge < -0.3 is 15.4 Å². The van der Waals surface area contributed by atoms with E-state index in [0.29, 0.717) is 18.7 Å². The number of nitrogens with one attached hydrogen (secondary N) is 2. The summed E-state index contributed by atoms with van der Waals surface area (Å²) in [5.41, 5.74) is 0.811. The van der Waals surface area contributed by atoms with Crippen molar-refractivity contribution in [3.63, 3.8) is 0 Å². The number of carbonyl (C=O) groups excluding carboxylic acids is 1. The maximum atomic E-state index is 13.5. The monoisotopic (exact) mass is 305 g/mol. The van der Waals surface area contributed by atoms with E-state index in [1.165, 1.54) is 12.1 Å². The number of ether oxygens (including phenoxy) is 1. The van der Waals surface area contributed by atoms with Crippen LogP contribution in [0, 0.1) is 5.82 Å². The van der Waals surface area contributed by atoms with Gasteiger partial charge in [0.05, 0.1) is 6.04 Å². The molecular weight excluding hydrogens is 285 g/mol. The Kier molecular flexibility index (Phi) is 3.50. The molecule has 118 valence electrons. The van der Waals surface area contributed by atoms with Crippen molar-refractivity contribution in [2.45, 2.75) is 43.4 Å². The molecule has 2 heterocycles. The minimum absolute atomic E-state index is 0.150. The Bertz CT molecular complexity index is 582. The number of nitrogens with zero attached hydrogens (tertiary/aromatic N) is 1. The third kappa shape index (κ3) is 2.36. The molecule has 1 saturated carbocycles. The number of benzene rings is 1. The van der Waals surface area contributed by atoms with Crippen molar-refractivity contribution in [2.24, 2.45) is 0 Å². The van der Waals surface area contributed by atoms with Crippen LogP contribution in [0.3, 0.4) is 0 Å². The van der Waals surface area contributed by atoms with E-state index in [-0.39, 0.29) is 24.0 Å². The molecule has 22 heavy (non-hydrogen) atoms. The molecule has 0 aromatic heterocycles. The third-order valence-corrected chi connectivity index (χ3v) is 5.09. The molecule has 3 fully saturated rings. The number of amides is 1. The number of carbonyl (C=O) groups is 1. The second kappa shape index (κ2) is 5.52. The number of hydrogen-bond donors (Lipinski definition) is 2. The zero-order chi connectivity index (χ0) is 15.1. The number of rotatable bonds is 2. The van der Waals surface area contributed by atoms with Crippen LogP contribution in [0.4, 0.5) is 9.18 Å². The predicted octanol–water partition coefficient (Wildman–Crippen LogP) is 1.76. The molecule has 0 spiro atoms. The zero-order valence-corrected chi connectivity index (χ0v) is 12.3. The van der Waals surface area contributed by atoms with Crippen LogP contribution in [0.25, 0.3) is 0 Å². The maximum Gasteiger partial charge on any atom is 0.410 e. The van der Waals surface area contributed by atoms with E-state index in [1.807, 2.05) is 11.0 Å². The van der Waals surface area contributed by atoms with E-state index in [4.69, 9.17) is 4.74 Å². The van der Waals surface area contributed by atoms with E-state index in [9.17, 15) is 9.18 Å². The van der Waals surface area contributed by atoms with Gasteiger partial charge in [-0.15, -0.1) is 0 Å². The first-order chi connectivity index (χ1) is 10.7. The van der Waals surface area contributed by atoms with Gasteiger partial charge in [0.1, 0.15) is 12.4 Å². The molecule has 2 saturated heterocycles. The van der Waals surface area contributed by atoms with Crippen LogP contribution in [0.1, 0.15) is 30.9 Å². The lowest BCUT2D eigenvalue weighted by Gasteiger charge is -2.38. The summed E-state index contributed by atoms with van der Waals surface area (Å²) in [5, 5.41) is 6.88. The molecule has 6 heteroatoms. The smallest absolute Gasteiger partial charge is 0.410 e. The average Bonchev–Trinajstić information content (AvgIpc) is 3.12. The Morgan fingerprint density at radius 1 is 1.23 bits per heavy atom. The van der Waals surface area contributed by atoms with Gasteiger partial charge in [-0.1, -0.05) is 12.1 Å². The van der Waals surface area contributed by atoms with E-state index in [0.717, 1.165) is 31.5 Å². The minimum atomic E-state index is -0.276. The highest BCUT2D eigenvalue weighted by Crippen LogP contribution is 2.35. The Morgan fingerprint density at radius 2 is 2.09 bits per heavy atom. The lowest BCUT2D eigenvalue weighted by Crippen LogP contribution is -2.49. The first-order valence-electron chi connectivity index (χ1n) is 7.89. The molecule has 4 rings (SSSR count). The van der Waals surface area contributed by atoms with Crippen LogP contribution in [-0.2, 0) is 4.74 Å². The van der Waals surface area contributed by atoms with E-state index in [2.05, 4.69) is 10.6 Å². The largest absolute Gasteiger partial charge is 0.447 e. The van der Waals surface area contributed by atoms with Gasteiger partial charge in [0.25, 0.3) is 0 Å². The van der Waals surface area contributed by atoms with Gasteiger partial charge in [0.15, 0.2) is 0 Å². The fourth-order valence-corrected chi connectivity index (χ4v) is 4.00. The second-order valence-electron chi connectivity index (χ2n) is 6.32. The zero-order valence-electron chi connectivity index (χ0n) is 12.3. The van der Waals surface area contributed by atoms with Crippen molar-refractivity contribution in [3.8, 4) is 0 Å². The molecule has 2 N–H and O–H groups in total. The Labute approximate surface area is 128 Å². The lowest BCUT2D eigenvalue weighted by molar-refractivity contribution is 0.124. The predicted molar refractivity (Wildman–Crippen MR) is 78.7 cm³/mol. The molecule has 1 amide bonds. The van der Waals surface area contributed by atoms with E-state index in [1.54, 1.807) is 6.07 Å². The summed E-state index contributed by atoms with van der Waals surface area (Å²) < 4.78 is 18.8. The molecule has 3 unspecified atom stereocenters. The summed E-state index contributed by atoms with van der Waals surface area (Å²) >= 11 is 0. The summed E-state index contributed by atoms with van der Waals surface area (Å²) in [6, 6.07) is 7.35. The number of halogens is 1. The Morgan fingerprint density at radius 3 is 2.95 bits per heavy atom. The molecule has 4 atom stereocenters. The van der Waals surface area contributed by atoms with Crippen LogP contribution in [0.2, 0.25) is 0 Å². The summed E-state index contributed by atoms with van der Waals surface area (Å²) in [5.74, 6) is -0.276. The van der Waals surface area contributed by atoms with Gasteiger partial charge in [-0.05, 0) is 37.0 Å². The summed E-state index contributed by atoms with van der Waals surface area (Å²) in [4.78, 5) is 14.0. The molecule has 1 aliphatic carbocycles. The minimum Gasteiger partial charge on any atom is -0.447 e. The van der Waals surface area contributed by atoms with Gasteiger partial charge >= 0.3 is 6.09 Å². The topological polar surface area (TPSA) is 53.6 Å². The lowest BCUT2D eigenvalue weighted by atomic mass is 9.86. The summed E-state index contributed by atoms with van der Waals surface area (Å²) in [7, 11) is 0. The SMILES string of the molecule is O=C1OC[C@H](c2cccc(F)c2)N1C1CCC2NCNC2C1. The average molecular weight is 305 g/mol. The number of hydrogen-bond acceptors (Lipinski definition) is 4. The van der Waals surface area contributed by atoms with Gasteiger partial charge in [0, 0.05) is 24.8 Å². The van der Waals surface area contributed by atoms with Crippen LogP contribution in [-0.4, -0.2) is 42.4 Å². The quantitative estimate of drug-likeness (QED) is 0.874. The molecule has 0 bridgehead atoms. The molecule has 1 aromatic carbocycles. The van der Waals surface area contributed by atoms with Gasteiger partial charge in [-0.3, -0.25) is 4.90 Å².